The van der Waals surface area contributed by atoms with Gasteiger partial charge in [-0.25, -0.2) is 13.1 Å². The second-order valence-electron chi connectivity index (χ2n) is 8.40. The molecule has 2 heterocycles. The average molecular weight is 467 g/mol. The Kier molecular flexibility index (Phi) is 6.44. The number of rotatable bonds is 5. The molecule has 1 amide bonds. The van der Waals surface area contributed by atoms with Gasteiger partial charge in [0.05, 0.1) is 10.6 Å². The number of hydrogen-bond acceptors (Lipinski definition) is 5. The summed E-state index contributed by atoms with van der Waals surface area (Å²) in [5.74, 6) is -0.337. The quantitative estimate of drug-likeness (QED) is 0.622. The SMILES string of the molecule is Cc1ccc(-n2ccc(=O)c(C(=O)Nc3ccc(S(=O)(=O)N4CCC[C@@H](C)C4)cc3)n2)cc1. The van der Waals surface area contributed by atoms with Gasteiger partial charge in [-0.2, -0.15) is 9.40 Å². The summed E-state index contributed by atoms with van der Waals surface area (Å²) in [5.41, 5.74) is 1.42. The fraction of sp³-hybridized carbons (Fsp3) is 0.292. The van der Waals surface area contributed by atoms with Crippen molar-refractivity contribution in [2.75, 3.05) is 18.4 Å². The molecular formula is C24H26N4O4S. The van der Waals surface area contributed by atoms with Crippen LogP contribution in [0.4, 0.5) is 5.69 Å². The number of carbonyl (C=O) groups excluding carboxylic acids is 1. The Morgan fingerprint density at radius 3 is 2.42 bits per heavy atom. The standard InChI is InChI=1S/C24H26N4O4S/c1-17-5-9-20(10-6-17)28-15-13-22(29)23(26-28)24(30)25-19-7-11-21(12-8-19)33(31,32)27-14-3-4-18(2)16-27/h5-13,15,18H,3-4,14,16H2,1-2H3,(H,25,30)/t18-/m1/s1. The van der Waals surface area contributed by atoms with E-state index in [1.807, 2.05) is 38.1 Å². The van der Waals surface area contributed by atoms with Gasteiger partial charge in [0.25, 0.3) is 5.91 Å². The summed E-state index contributed by atoms with van der Waals surface area (Å²) < 4.78 is 28.8. The molecule has 0 radical (unpaired) electrons. The summed E-state index contributed by atoms with van der Waals surface area (Å²) >= 11 is 0. The van der Waals surface area contributed by atoms with E-state index in [-0.39, 0.29) is 10.6 Å². The summed E-state index contributed by atoms with van der Waals surface area (Å²) in [6.07, 6.45) is 3.37. The van der Waals surface area contributed by atoms with E-state index < -0.39 is 21.4 Å². The third-order valence-corrected chi connectivity index (χ3v) is 7.57. The van der Waals surface area contributed by atoms with Crippen molar-refractivity contribution >= 4 is 21.6 Å². The maximum atomic E-state index is 12.9. The fourth-order valence-electron chi connectivity index (χ4n) is 3.82. The number of nitrogens with one attached hydrogen (secondary N) is 1. The van der Waals surface area contributed by atoms with Gasteiger partial charge in [-0.05, 0) is 62.1 Å². The van der Waals surface area contributed by atoms with Gasteiger partial charge in [0.15, 0.2) is 5.69 Å². The van der Waals surface area contributed by atoms with Crippen molar-refractivity contribution in [2.24, 2.45) is 5.92 Å². The predicted molar refractivity (Wildman–Crippen MR) is 126 cm³/mol. The Labute approximate surface area is 192 Å². The minimum Gasteiger partial charge on any atom is -0.320 e. The van der Waals surface area contributed by atoms with Crippen LogP contribution < -0.4 is 10.7 Å². The molecule has 1 fully saturated rings. The van der Waals surface area contributed by atoms with Gasteiger partial charge in [0.1, 0.15) is 0 Å². The largest absolute Gasteiger partial charge is 0.320 e. The van der Waals surface area contributed by atoms with E-state index >= 15 is 0 Å². The van der Waals surface area contributed by atoms with Gasteiger partial charge in [0.2, 0.25) is 15.5 Å². The predicted octanol–water partition coefficient (Wildman–Crippen LogP) is 3.21. The molecule has 2 aromatic carbocycles. The maximum Gasteiger partial charge on any atom is 0.280 e. The van der Waals surface area contributed by atoms with Crippen molar-refractivity contribution in [3.05, 3.63) is 82.3 Å². The molecule has 0 unspecified atom stereocenters. The molecule has 33 heavy (non-hydrogen) atoms. The van der Waals surface area contributed by atoms with E-state index in [0.29, 0.717) is 24.7 Å². The molecular weight excluding hydrogens is 440 g/mol. The van der Waals surface area contributed by atoms with Crippen LogP contribution in [-0.4, -0.2) is 41.5 Å². The van der Waals surface area contributed by atoms with Crippen molar-refractivity contribution in [1.29, 1.82) is 0 Å². The second kappa shape index (κ2) is 9.29. The molecule has 9 heteroatoms. The number of nitrogens with zero attached hydrogens (tertiary/aromatic N) is 3. The lowest BCUT2D eigenvalue weighted by Gasteiger charge is -2.30. The minimum absolute atomic E-state index is 0.175. The molecule has 0 bridgehead atoms. The van der Waals surface area contributed by atoms with Crippen LogP contribution in [0.15, 0.2) is 70.5 Å². The number of carbonyl (C=O) groups is 1. The zero-order valence-corrected chi connectivity index (χ0v) is 19.4. The number of anilines is 1. The van der Waals surface area contributed by atoms with Crippen LogP contribution in [0, 0.1) is 12.8 Å². The van der Waals surface area contributed by atoms with E-state index in [1.165, 1.54) is 45.5 Å². The summed E-state index contributed by atoms with van der Waals surface area (Å²) in [6, 6.07) is 14.8. The zero-order valence-electron chi connectivity index (χ0n) is 18.6. The van der Waals surface area contributed by atoms with Gasteiger partial charge in [-0.3, -0.25) is 9.59 Å². The van der Waals surface area contributed by atoms with E-state index in [9.17, 15) is 18.0 Å². The van der Waals surface area contributed by atoms with Gasteiger partial charge >= 0.3 is 0 Å². The van der Waals surface area contributed by atoms with Crippen LogP contribution in [0.25, 0.3) is 5.69 Å². The number of hydrogen-bond donors (Lipinski definition) is 1. The van der Waals surface area contributed by atoms with Crippen molar-refractivity contribution < 1.29 is 13.2 Å². The third-order valence-electron chi connectivity index (χ3n) is 5.69. The van der Waals surface area contributed by atoms with Crippen molar-refractivity contribution in [2.45, 2.75) is 31.6 Å². The second-order valence-corrected chi connectivity index (χ2v) is 10.3. The molecule has 1 aliphatic rings. The first-order valence-corrected chi connectivity index (χ1v) is 12.3. The topological polar surface area (TPSA) is 101 Å². The lowest BCUT2D eigenvalue weighted by Crippen LogP contribution is -2.39. The molecule has 3 aromatic rings. The zero-order chi connectivity index (χ0) is 23.6. The van der Waals surface area contributed by atoms with Crippen LogP contribution >= 0.6 is 0 Å². The highest BCUT2D eigenvalue weighted by Crippen LogP contribution is 2.24. The molecule has 4 rings (SSSR count). The van der Waals surface area contributed by atoms with Crippen molar-refractivity contribution in [3.63, 3.8) is 0 Å². The molecule has 172 valence electrons. The minimum atomic E-state index is -3.58. The van der Waals surface area contributed by atoms with E-state index in [2.05, 4.69) is 10.4 Å². The Hall–Kier alpha value is -3.30. The molecule has 1 atom stereocenters. The number of amides is 1. The highest BCUT2D eigenvalue weighted by Gasteiger charge is 2.28. The van der Waals surface area contributed by atoms with E-state index in [1.54, 1.807) is 0 Å². The third kappa shape index (κ3) is 5.04. The number of benzene rings is 2. The van der Waals surface area contributed by atoms with Gasteiger partial charge in [-0.15, -0.1) is 0 Å². The highest BCUT2D eigenvalue weighted by molar-refractivity contribution is 7.89. The number of aromatic nitrogens is 2. The van der Waals surface area contributed by atoms with Gasteiger partial charge in [-0.1, -0.05) is 24.6 Å². The number of sulfonamides is 1. The fourth-order valence-corrected chi connectivity index (χ4v) is 5.42. The van der Waals surface area contributed by atoms with Crippen LogP contribution in [-0.2, 0) is 10.0 Å². The Morgan fingerprint density at radius 2 is 1.76 bits per heavy atom. The lowest BCUT2D eigenvalue weighted by molar-refractivity contribution is 0.101. The molecule has 1 aliphatic heterocycles. The summed E-state index contributed by atoms with van der Waals surface area (Å²) in [7, 11) is -3.58. The smallest absolute Gasteiger partial charge is 0.280 e. The summed E-state index contributed by atoms with van der Waals surface area (Å²) in [5, 5.41) is 6.81. The van der Waals surface area contributed by atoms with Crippen molar-refractivity contribution in [3.8, 4) is 5.69 Å². The van der Waals surface area contributed by atoms with Crippen LogP contribution in [0.3, 0.4) is 0 Å². The first-order chi connectivity index (χ1) is 15.7. The normalized spacial score (nSPS) is 17.0. The molecule has 0 spiro atoms. The molecule has 1 aromatic heterocycles. The van der Waals surface area contributed by atoms with E-state index in [0.717, 1.165) is 24.1 Å². The van der Waals surface area contributed by atoms with Crippen LogP contribution in [0.2, 0.25) is 0 Å². The highest BCUT2D eigenvalue weighted by atomic mass is 32.2. The van der Waals surface area contributed by atoms with Crippen molar-refractivity contribution in [1.82, 2.24) is 14.1 Å². The Morgan fingerprint density at radius 1 is 1.06 bits per heavy atom. The molecule has 1 saturated heterocycles. The number of piperidine rings is 1. The van der Waals surface area contributed by atoms with Gasteiger partial charge in [0, 0.05) is 31.0 Å². The lowest BCUT2D eigenvalue weighted by atomic mass is 10.0. The molecule has 0 saturated carbocycles. The average Bonchev–Trinajstić information content (AvgIpc) is 2.80. The molecule has 0 aliphatic carbocycles. The summed E-state index contributed by atoms with van der Waals surface area (Å²) in [6.45, 7) is 5.03. The van der Waals surface area contributed by atoms with Gasteiger partial charge < -0.3 is 5.32 Å². The summed E-state index contributed by atoms with van der Waals surface area (Å²) in [4.78, 5) is 25.2. The van der Waals surface area contributed by atoms with Crippen LogP contribution in [0.5, 0.6) is 0 Å². The van der Waals surface area contributed by atoms with E-state index in [4.69, 9.17) is 0 Å². The maximum absolute atomic E-state index is 12.9. The first-order valence-electron chi connectivity index (χ1n) is 10.8. The Bertz CT molecular complexity index is 1320. The first kappa shape index (κ1) is 22.9. The van der Waals surface area contributed by atoms with Crippen LogP contribution in [0.1, 0.15) is 35.8 Å². The Balaban J connectivity index is 1.52. The number of aryl methyl sites for hydroxylation is 1. The molecule has 8 nitrogen and oxygen atoms in total. The monoisotopic (exact) mass is 466 g/mol. The molecule has 1 N–H and O–H groups in total.